The molecule has 0 saturated heterocycles. The molecular formula is C27H25ClNO3P. The number of hydrogen-bond donors (Lipinski definition) is 1. The highest BCUT2D eigenvalue weighted by Crippen LogP contribution is 2.48. The first kappa shape index (κ1) is 22.2. The first-order valence-corrected chi connectivity index (χ1v) is 12.6. The second-order valence-electron chi connectivity index (χ2n) is 7.95. The van der Waals surface area contributed by atoms with Crippen LogP contribution in [0, 0.1) is 0 Å². The van der Waals surface area contributed by atoms with E-state index in [1.54, 1.807) is 0 Å². The second-order valence-corrected chi connectivity index (χ2v) is 9.40. The Hall–Kier alpha value is -2.62. The quantitative estimate of drug-likeness (QED) is 0.199. The van der Waals surface area contributed by atoms with Gasteiger partial charge in [0, 0.05) is 35.5 Å². The number of benzene rings is 4. The van der Waals surface area contributed by atoms with Crippen molar-refractivity contribution >= 4 is 36.7 Å². The van der Waals surface area contributed by atoms with Gasteiger partial charge in [-0.05, 0) is 22.1 Å². The Kier molecular flexibility index (Phi) is 7.09. The minimum Gasteiger partial charge on any atom is -0.426 e. The summed E-state index contributed by atoms with van der Waals surface area (Å²) in [6, 6.07) is 30.5. The van der Waals surface area contributed by atoms with Gasteiger partial charge in [0.15, 0.2) is 0 Å². The molecule has 0 unspecified atom stereocenters. The Morgan fingerprint density at radius 3 is 1.97 bits per heavy atom. The lowest BCUT2D eigenvalue weighted by molar-refractivity contribution is 0.193. The maximum Gasteiger partial charge on any atom is 0.397 e. The van der Waals surface area contributed by atoms with Gasteiger partial charge in [0.25, 0.3) is 0 Å². The molecule has 0 amide bonds. The predicted octanol–water partition coefficient (Wildman–Crippen LogP) is 7.63. The molecule has 0 saturated carbocycles. The lowest BCUT2D eigenvalue weighted by Crippen LogP contribution is -2.03. The van der Waals surface area contributed by atoms with Gasteiger partial charge in [-0.3, -0.25) is 9.05 Å². The van der Waals surface area contributed by atoms with Crippen molar-refractivity contribution in [3.8, 4) is 5.75 Å². The number of nitrogens with one attached hydrogen (secondary N) is 1. The molecule has 0 radical (unpaired) electrons. The van der Waals surface area contributed by atoms with Crippen molar-refractivity contribution in [3.63, 3.8) is 0 Å². The first-order chi connectivity index (χ1) is 16.3. The lowest BCUT2D eigenvalue weighted by Gasteiger charge is -2.20. The highest BCUT2D eigenvalue weighted by atomic mass is 35.5. The Morgan fingerprint density at radius 2 is 1.36 bits per heavy atom. The van der Waals surface area contributed by atoms with Crippen LogP contribution in [-0.2, 0) is 22.3 Å². The third-order valence-electron chi connectivity index (χ3n) is 5.71. The van der Waals surface area contributed by atoms with Crippen LogP contribution in [0.4, 0.5) is 5.69 Å². The molecule has 5 rings (SSSR count). The monoisotopic (exact) mass is 477 g/mol. The van der Waals surface area contributed by atoms with E-state index < -0.39 is 8.60 Å². The fourth-order valence-corrected chi connectivity index (χ4v) is 5.33. The van der Waals surface area contributed by atoms with Crippen LogP contribution in [0.15, 0.2) is 91.0 Å². The van der Waals surface area contributed by atoms with Crippen LogP contribution in [0.5, 0.6) is 5.75 Å². The van der Waals surface area contributed by atoms with Crippen molar-refractivity contribution < 1.29 is 13.6 Å². The Balaban J connectivity index is 1.42. The SMILES string of the molecule is ClC[C@@H]1CNc2cc(OP(OCc3ccccc3)OCc3ccccc3)c3ccccc3c21. The summed E-state index contributed by atoms with van der Waals surface area (Å²) >= 11 is 6.25. The van der Waals surface area contributed by atoms with E-state index >= 15 is 0 Å². The molecule has 0 aliphatic carbocycles. The van der Waals surface area contributed by atoms with Crippen molar-refractivity contribution in [1.29, 1.82) is 0 Å². The van der Waals surface area contributed by atoms with Crippen molar-refractivity contribution in [2.24, 2.45) is 0 Å². The summed E-state index contributed by atoms with van der Waals surface area (Å²) in [4.78, 5) is 0. The number of anilines is 1. The van der Waals surface area contributed by atoms with E-state index in [0.29, 0.717) is 19.1 Å². The maximum absolute atomic E-state index is 6.41. The highest BCUT2D eigenvalue weighted by Gasteiger charge is 2.27. The van der Waals surface area contributed by atoms with Crippen LogP contribution in [0.3, 0.4) is 0 Å². The van der Waals surface area contributed by atoms with E-state index in [2.05, 4.69) is 29.6 Å². The first-order valence-electron chi connectivity index (χ1n) is 11.0. The van der Waals surface area contributed by atoms with Gasteiger partial charge in [-0.15, -0.1) is 11.6 Å². The third kappa shape index (κ3) is 5.15. The van der Waals surface area contributed by atoms with E-state index in [1.165, 1.54) is 5.56 Å². The summed E-state index contributed by atoms with van der Waals surface area (Å²) in [6.07, 6.45) is 0. The molecule has 168 valence electrons. The topological polar surface area (TPSA) is 39.7 Å². The van der Waals surface area contributed by atoms with Gasteiger partial charge < -0.3 is 9.84 Å². The molecule has 4 nitrogen and oxygen atoms in total. The number of fused-ring (bicyclic) bond motifs is 3. The molecular weight excluding hydrogens is 453 g/mol. The van der Waals surface area contributed by atoms with Gasteiger partial charge in [-0.1, -0.05) is 84.9 Å². The highest BCUT2D eigenvalue weighted by molar-refractivity contribution is 7.42. The number of alkyl halides is 1. The smallest absolute Gasteiger partial charge is 0.397 e. The lowest BCUT2D eigenvalue weighted by atomic mass is 9.95. The molecule has 1 aliphatic heterocycles. The Morgan fingerprint density at radius 1 is 0.788 bits per heavy atom. The molecule has 4 aromatic carbocycles. The van der Waals surface area contributed by atoms with E-state index in [1.807, 2.05) is 66.7 Å². The zero-order valence-electron chi connectivity index (χ0n) is 18.1. The van der Waals surface area contributed by atoms with E-state index in [9.17, 15) is 0 Å². The zero-order valence-corrected chi connectivity index (χ0v) is 19.8. The number of hydrogen-bond acceptors (Lipinski definition) is 4. The summed E-state index contributed by atoms with van der Waals surface area (Å²) in [5.41, 5.74) is 4.47. The normalized spacial score (nSPS) is 14.9. The van der Waals surface area contributed by atoms with Crippen LogP contribution in [-0.4, -0.2) is 12.4 Å². The van der Waals surface area contributed by atoms with Gasteiger partial charge in [-0.2, -0.15) is 0 Å². The molecule has 1 atom stereocenters. The summed E-state index contributed by atoms with van der Waals surface area (Å²) < 4.78 is 18.7. The summed E-state index contributed by atoms with van der Waals surface area (Å²) in [5.74, 6) is 1.61. The zero-order chi connectivity index (χ0) is 22.5. The van der Waals surface area contributed by atoms with Crippen molar-refractivity contribution in [3.05, 3.63) is 108 Å². The predicted molar refractivity (Wildman–Crippen MR) is 136 cm³/mol. The molecule has 0 spiro atoms. The van der Waals surface area contributed by atoms with Crippen molar-refractivity contribution in [2.75, 3.05) is 17.7 Å². The van der Waals surface area contributed by atoms with Crippen LogP contribution >= 0.6 is 20.2 Å². The second kappa shape index (κ2) is 10.5. The van der Waals surface area contributed by atoms with Crippen molar-refractivity contribution in [1.82, 2.24) is 0 Å². The van der Waals surface area contributed by atoms with Gasteiger partial charge >= 0.3 is 8.60 Å². The molecule has 0 bridgehead atoms. The minimum atomic E-state index is -1.63. The molecule has 1 aliphatic rings. The Bertz CT molecular complexity index is 1160. The largest absolute Gasteiger partial charge is 0.426 e. The van der Waals surface area contributed by atoms with E-state index in [0.717, 1.165) is 39.9 Å². The molecule has 0 aromatic heterocycles. The molecule has 1 heterocycles. The van der Waals surface area contributed by atoms with Crippen LogP contribution in [0.2, 0.25) is 0 Å². The molecule has 1 N–H and O–H groups in total. The average molecular weight is 478 g/mol. The van der Waals surface area contributed by atoms with Gasteiger partial charge in [-0.25, -0.2) is 0 Å². The van der Waals surface area contributed by atoms with E-state index in [-0.39, 0.29) is 5.92 Å². The fraction of sp³-hybridized carbons (Fsp3) is 0.185. The summed E-state index contributed by atoms with van der Waals surface area (Å²) in [7, 11) is -1.63. The molecule has 33 heavy (non-hydrogen) atoms. The fourth-order valence-electron chi connectivity index (χ4n) is 4.07. The molecule has 6 heteroatoms. The molecule has 0 fully saturated rings. The maximum atomic E-state index is 6.41. The number of halogens is 1. The van der Waals surface area contributed by atoms with Gasteiger partial charge in [0.2, 0.25) is 0 Å². The van der Waals surface area contributed by atoms with E-state index in [4.69, 9.17) is 25.2 Å². The van der Waals surface area contributed by atoms with Gasteiger partial charge in [0.05, 0.1) is 13.2 Å². The van der Waals surface area contributed by atoms with Crippen LogP contribution in [0.1, 0.15) is 22.6 Å². The third-order valence-corrected chi connectivity index (χ3v) is 7.11. The van der Waals surface area contributed by atoms with Crippen molar-refractivity contribution in [2.45, 2.75) is 19.1 Å². The summed E-state index contributed by atoms with van der Waals surface area (Å²) in [6.45, 7) is 1.66. The minimum absolute atomic E-state index is 0.283. The molecule has 4 aromatic rings. The summed E-state index contributed by atoms with van der Waals surface area (Å²) in [5, 5.41) is 5.67. The van der Waals surface area contributed by atoms with Gasteiger partial charge in [0.1, 0.15) is 5.75 Å². The average Bonchev–Trinajstić information content (AvgIpc) is 3.30. The number of rotatable bonds is 9. The Labute approximate surface area is 200 Å². The van der Waals surface area contributed by atoms with Crippen LogP contribution in [0.25, 0.3) is 10.8 Å². The van der Waals surface area contributed by atoms with Crippen LogP contribution < -0.4 is 9.84 Å². The standard InChI is InChI=1S/C27H25ClNO3P/c28-16-22-17-29-25-15-26(23-13-7-8-14-24(23)27(22)25)32-33(30-18-20-9-3-1-4-10-20)31-19-21-11-5-2-6-12-21/h1-15,22,29H,16-19H2/t22-/m1/s1.